The summed E-state index contributed by atoms with van der Waals surface area (Å²) < 4.78 is 38.6. The van der Waals surface area contributed by atoms with Gasteiger partial charge in [0.05, 0.1) is 23.7 Å². The summed E-state index contributed by atoms with van der Waals surface area (Å²) in [6.45, 7) is 3.54. The average Bonchev–Trinajstić information content (AvgIpc) is 3.37. The molecule has 2 atom stereocenters. The van der Waals surface area contributed by atoms with Gasteiger partial charge in [-0.15, -0.1) is 0 Å². The summed E-state index contributed by atoms with van der Waals surface area (Å²) in [5, 5.41) is 10.9. The van der Waals surface area contributed by atoms with Crippen LogP contribution in [0.5, 0.6) is 11.5 Å². The lowest BCUT2D eigenvalue weighted by atomic mass is 9.88. The van der Waals surface area contributed by atoms with Crippen molar-refractivity contribution in [3.63, 3.8) is 0 Å². The lowest BCUT2D eigenvalue weighted by Crippen LogP contribution is -2.40. The van der Waals surface area contributed by atoms with Crippen LogP contribution >= 0.6 is 0 Å². The van der Waals surface area contributed by atoms with E-state index < -0.39 is 15.6 Å². The molecule has 132 valence electrons. The maximum Gasteiger partial charge on any atom is 0.243 e. The van der Waals surface area contributed by atoms with Crippen molar-refractivity contribution >= 4 is 10.0 Å². The van der Waals surface area contributed by atoms with Crippen molar-refractivity contribution in [1.82, 2.24) is 4.31 Å². The maximum atomic E-state index is 13.0. The molecule has 0 spiro atoms. The smallest absolute Gasteiger partial charge is 0.243 e. The van der Waals surface area contributed by atoms with Crippen molar-refractivity contribution in [2.24, 2.45) is 11.8 Å². The fraction of sp³-hybridized carbons (Fsp3) is 0.647. The van der Waals surface area contributed by atoms with Gasteiger partial charge in [0.2, 0.25) is 10.0 Å². The van der Waals surface area contributed by atoms with Gasteiger partial charge in [-0.05, 0) is 30.9 Å². The van der Waals surface area contributed by atoms with Crippen molar-refractivity contribution in [1.29, 1.82) is 0 Å². The number of β-amino-alcohol motifs (C(OH)–C–C–N with tert-alkyl or cyclic N) is 1. The number of nitrogens with zero attached hydrogens (tertiary/aromatic N) is 1. The van der Waals surface area contributed by atoms with Crippen molar-refractivity contribution in [3.05, 3.63) is 18.2 Å². The Kier molecular flexibility index (Phi) is 3.78. The highest BCUT2D eigenvalue weighted by Gasteiger charge is 2.54. The summed E-state index contributed by atoms with van der Waals surface area (Å²) in [6.07, 6.45) is 2.74. The summed E-state index contributed by atoms with van der Waals surface area (Å²) in [7, 11) is -3.66. The summed E-state index contributed by atoms with van der Waals surface area (Å²) in [5.74, 6) is 1.23. The Hall–Kier alpha value is -1.31. The average molecular weight is 353 g/mol. The zero-order valence-electron chi connectivity index (χ0n) is 13.8. The Morgan fingerprint density at radius 2 is 1.92 bits per heavy atom. The third kappa shape index (κ3) is 2.59. The molecule has 7 heteroatoms. The standard InChI is InChI=1S/C17H23NO5S/c1-12-10-18(11-17(12,19)13-3-4-13)24(20,21)14-5-6-15-16(9-14)23-8-2-7-22-15/h5-6,9,12-13,19H,2-4,7-8,10-11H2,1H3/t12-,17+/m1/s1. The number of fused-ring (bicyclic) bond motifs is 1. The first-order valence-electron chi connectivity index (χ1n) is 8.53. The first-order chi connectivity index (χ1) is 11.4. The number of rotatable bonds is 3. The van der Waals surface area contributed by atoms with E-state index in [1.54, 1.807) is 12.1 Å². The van der Waals surface area contributed by atoms with Crippen molar-refractivity contribution in [2.45, 2.75) is 36.7 Å². The predicted octanol–water partition coefficient (Wildman–Crippen LogP) is 1.63. The Morgan fingerprint density at radius 1 is 1.21 bits per heavy atom. The molecule has 24 heavy (non-hydrogen) atoms. The zero-order chi connectivity index (χ0) is 16.9. The van der Waals surface area contributed by atoms with Gasteiger partial charge in [-0.25, -0.2) is 8.42 Å². The maximum absolute atomic E-state index is 13.0. The van der Waals surface area contributed by atoms with Crippen molar-refractivity contribution < 1.29 is 23.0 Å². The number of aliphatic hydroxyl groups is 1. The summed E-state index contributed by atoms with van der Waals surface area (Å²) >= 11 is 0. The third-order valence-electron chi connectivity index (χ3n) is 5.40. The molecule has 2 fully saturated rings. The molecular weight excluding hydrogens is 330 g/mol. The minimum atomic E-state index is -3.66. The van der Waals surface area contributed by atoms with E-state index in [0.717, 1.165) is 19.3 Å². The van der Waals surface area contributed by atoms with E-state index in [1.807, 2.05) is 6.92 Å². The number of hydrogen-bond donors (Lipinski definition) is 1. The van der Waals surface area contributed by atoms with E-state index in [2.05, 4.69) is 0 Å². The Morgan fingerprint density at radius 3 is 2.62 bits per heavy atom. The van der Waals surface area contributed by atoms with Gasteiger partial charge in [-0.2, -0.15) is 4.31 Å². The van der Waals surface area contributed by atoms with E-state index in [4.69, 9.17) is 9.47 Å². The van der Waals surface area contributed by atoms with Gasteiger partial charge in [0.1, 0.15) is 0 Å². The molecule has 1 aromatic carbocycles. The summed E-state index contributed by atoms with van der Waals surface area (Å²) in [5.41, 5.74) is -0.891. The highest BCUT2D eigenvalue weighted by molar-refractivity contribution is 7.89. The molecule has 0 radical (unpaired) electrons. The molecule has 1 saturated carbocycles. The molecule has 1 saturated heterocycles. The van der Waals surface area contributed by atoms with E-state index >= 15 is 0 Å². The van der Waals surface area contributed by atoms with Crippen molar-refractivity contribution in [3.8, 4) is 11.5 Å². The molecule has 0 aromatic heterocycles. The second-order valence-electron chi connectivity index (χ2n) is 7.12. The van der Waals surface area contributed by atoms with Crippen LogP contribution in [0.25, 0.3) is 0 Å². The van der Waals surface area contributed by atoms with Gasteiger partial charge in [0.15, 0.2) is 11.5 Å². The second-order valence-corrected chi connectivity index (χ2v) is 9.06. The first-order valence-corrected chi connectivity index (χ1v) is 9.97. The molecule has 3 aliphatic rings. The summed E-state index contributed by atoms with van der Waals surface area (Å²) in [6, 6.07) is 4.75. The van der Waals surface area contributed by atoms with Crippen LogP contribution in [-0.2, 0) is 10.0 Å². The fourth-order valence-corrected chi connectivity index (χ4v) is 5.31. The van der Waals surface area contributed by atoms with E-state index in [1.165, 1.54) is 10.4 Å². The Bertz CT molecular complexity index is 745. The molecule has 6 nitrogen and oxygen atoms in total. The molecule has 0 amide bonds. The zero-order valence-corrected chi connectivity index (χ0v) is 14.6. The van der Waals surface area contributed by atoms with Crippen LogP contribution in [0.4, 0.5) is 0 Å². The van der Waals surface area contributed by atoms with Crippen LogP contribution in [0.2, 0.25) is 0 Å². The number of ether oxygens (including phenoxy) is 2. The van der Waals surface area contributed by atoms with Gasteiger partial charge in [0.25, 0.3) is 0 Å². The molecule has 1 aromatic rings. The largest absolute Gasteiger partial charge is 0.490 e. The van der Waals surface area contributed by atoms with Gasteiger partial charge in [0, 0.05) is 31.5 Å². The van der Waals surface area contributed by atoms with Gasteiger partial charge in [-0.1, -0.05) is 6.92 Å². The van der Waals surface area contributed by atoms with Crippen LogP contribution in [-0.4, -0.2) is 49.7 Å². The SMILES string of the molecule is C[C@@H]1CN(S(=O)(=O)c2ccc3c(c2)OCCCO3)C[C@@]1(O)C1CC1. The molecular formula is C17H23NO5S. The highest BCUT2D eigenvalue weighted by Crippen LogP contribution is 2.48. The van der Waals surface area contributed by atoms with Crippen molar-refractivity contribution in [2.75, 3.05) is 26.3 Å². The van der Waals surface area contributed by atoms with Gasteiger partial charge in [-0.3, -0.25) is 0 Å². The Balaban J connectivity index is 1.62. The highest BCUT2D eigenvalue weighted by atomic mass is 32.2. The van der Waals surface area contributed by atoms with Crippen LogP contribution in [0.1, 0.15) is 26.2 Å². The molecule has 0 unspecified atom stereocenters. The monoisotopic (exact) mass is 353 g/mol. The van der Waals surface area contributed by atoms with Crippen LogP contribution in [0.15, 0.2) is 23.1 Å². The number of hydrogen-bond acceptors (Lipinski definition) is 5. The molecule has 4 rings (SSSR count). The molecule has 2 aliphatic heterocycles. The molecule has 1 N–H and O–H groups in total. The minimum absolute atomic E-state index is 0.0554. The number of sulfonamides is 1. The number of benzene rings is 1. The van der Waals surface area contributed by atoms with E-state index in [9.17, 15) is 13.5 Å². The van der Waals surface area contributed by atoms with Gasteiger partial charge >= 0.3 is 0 Å². The quantitative estimate of drug-likeness (QED) is 0.894. The molecule has 0 bridgehead atoms. The predicted molar refractivity (Wildman–Crippen MR) is 87.6 cm³/mol. The normalized spacial score (nSPS) is 31.0. The second kappa shape index (κ2) is 5.61. The van der Waals surface area contributed by atoms with Crippen LogP contribution in [0.3, 0.4) is 0 Å². The fourth-order valence-electron chi connectivity index (χ4n) is 3.72. The lowest BCUT2D eigenvalue weighted by molar-refractivity contribution is -0.000910. The molecule has 2 heterocycles. The third-order valence-corrected chi connectivity index (χ3v) is 7.21. The minimum Gasteiger partial charge on any atom is -0.490 e. The summed E-state index contributed by atoms with van der Waals surface area (Å²) in [4.78, 5) is 0.194. The lowest BCUT2D eigenvalue weighted by Gasteiger charge is -2.26. The molecule has 1 aliphatic carbocycles. The topological polar surface area (TPSA) is 76.1 Å². The Labute approximate surface area is 142 Å². The van der Waals surface area contributed by atoms with E-state index in [-0.39, 0.29) is 23.3 Å². The van der Waals surface area contributed by atoms with Crippen LogP contribution < -0.4 is 9.47 Å². The first kappa shape index (κ1) is 16.2. The van der Waals surface area contributed by atoms with Gasteiger partial charge < -0.3 is 14.6 Å². The van der Waals surface area contributed by atoms with E-state index in [0.29, 0.717) is 31.3 Å². The van der Waals surface area contributed by atoms with Crippen LogP contribution in [0, 0.1) is 11.8 Å².